The molecule has 1 aliphatic heterocycles. The van der Waals surface area contributed by atoms with Crippen molar-refractivity contribution >= 4 is 19.2 Å². The van der Waals surface area contributed by atoms with Gasteiger partial charge in [-0.25, -0.2) is 0 Å². The largest absolute Gasteiger partial charge is 0.342 e. The molecule has 0 aromatic rings. The Balaban J connectivity index is 2.58. The maximum Gasteiger partial charge on any atom is 0.209 e. The molecule has 0 N–H and O–H groups in total. The van der Waals surface area contributed by atoms with Gasteiger partial charge in [0, 0.05) is 39.3 Å². The molecular weight excluding hydrogens is 198 g/mol. The fraction of sp³-hybridized carbons (Fsp3) is 0.667. The molecule has 6 heteroatoms. The predicted octanol–water partition coefficient (Wildman–Crippen LogP) is -1.62. The molecule has 15 heavy (non-hydrogen) atoms. The lowest BCUT2D eigenvalue weighted by Crippen LogP contribution is -2.34. The number of rotatable bonds is 3. The Morgan fingerprint density at radius 1 is 0.533 bits per heavy atom. The lowest BCUT2D eigenvalue weighted by Gasteiger charge is -2.19. The van der Waals surface area contributed by atoms with Crippen molar-refractivity contribution in [2.75, 3.05) is 39.3 Å². The third-order valence-corrected chi connectivity index (χ3v) is 2.47. The van der Waals surface area contributed by atoms with Gasteiger partial charge in [0.2, 0.25) is 19.2 Å². The Bertz CT molecular complexity index is 185. The molecule has 0 saturated carbocycles. The molecular formula is C9H15N3O3. The quantitative estimate of drug-likeness (QED) is 0.529. The molecule has 0 atom stereocenters. The topological polar surface area (TPSA) is 60.9 Å². The number of hydrogen-bond donors (Lipinski definition) is 0. The predicted molar refractivity (Wildman–Crippen MR) is 52.9 cm³/mol. The van der Waals surface area contributed by atoms with Gasteiger partial charge in [0.1, 0.15) is 0 Å². The number of hydrogen-bond acceptors (Lipinski definition) is 3. The van der Waals surface area contributed by atoms with E-state index in [-0.39, 0.29) is 0 Å². The Morgan fingerprint density at radius 2 is 0.733 bits per heavy atom. The monoisotopic (exact) mass is 213 g/mol. The van der Waals surface area contributed by atoms with E-state index in [4.69, 9.17) is 0 Å². The van der Waals surface area contributed by atoms with E-state index in [1.807, 2.05) is 0 Å². The highest BCUT2D eigenvalue weighted by atomic mass is 16.1. The first kappa shape index (κ1) is 11.5. The standard InChI is InChI=1S/C9H15N3O3/c13-7-10-1-2-11(8-14)5-6-12(9-15)4-3-10/h7-9H,1-6H2. The molecule has 1 heterocycles. The second-order valence-electron chi connectivity index (χ2n) is 3.42. The van der Waals surface area contributed by atoms with Crippen molar-refractivity contribution < 1.29 is 14.4 Å². The van der Waals surface area contributed by atoms with Crippen molar-refractivity contribution in [1.82, 2.24) is 14.7 Å². The van der Waals surface area contributed by atoms with Crippen molar-refractivity contribution in [3.8, 4) is 0 Å². The fourth-order valence-electron chi connectivity index (χ4n) is 1.42. The van der Waals surface area contributed by atoms with E-state index in [0.717, 1.165) is 19.2 Å². The molecule has 0 aliphatic carbocycles. The van der Waals surface area contributed by atoms with E-state index >= 15 is 0 Å². The second-order valence-corrected chi connectivity index (χ2v) is 3.42. The van der Waals surface area contributed by atoms with Crippen LogP contribution < -0.4 is 0 Å². The molecule has 1 aliphatic rings. The summed E-state index contributed by atoms with van der Waals surface area (Å²) in [6, 6.07) is 0. The van der Waals surface area contributed by atoms with Crippen LogP contribution in [-0.2, 0) is 14.4 Å². The van der Waals surface area contributed by atoms with Gasteiger partial charge in [0.05, 0.1) is 0 Å². The molecule has 0 aromatic heterocycles. The van der Waals surface area contributed by atoms with Crippen molar-refractivity contribution in [1.29, 1.82) is 0 Å². The zero-order valence-corrected chi connectivity index (χ0v) is 8.54. The Kier molecular flexibility index (Phi) is 4.59. The highest BCUT2D eigenvalue weighted by molar-refractivity contribution is 5.50. The van der Waals surface area contributed by atoms with Crippen molar-refractivity contribution in [3.05, 3.63) is 0 Å². The van der Waals surface area contributed by atoms with Gasteiger partial charge < -0.3 is 14.7 Å². The Labute approximate surface area is 88.4 Å². The summed E-state index contributed by atoms with van der Waals surface area (Å²) in [4.78, 5) is 36.6. The highest BCUT2D eigenvalue weighted by Gasteiger charge is 2.12. The average Bonchev–Trinajstić information content (AvgIpc) is 2.38. The van der Waals surface area contributed by atoms with E-state index < -0.39 is 0 Å². The summed E-state index contributed by atoms with van der Waals surface area (Å²) < 4.78 is 0. The molecule has 0 unspecified atom stereocenters. The van der Waals surface area contributed by atoms with Gasteiger partial charge in [0.15, 0.2) is 0 Å². The SMILES string of the molecule is O=CN1CCN(C=O)CCN(C=O)CC1. The van der Waals surface area contributed by atoms with Gasteiger partial charge in [-0.05, 0) is 0 Å². The summed E-state index contributed by atoms with van der Waals surface area (Å²) in [5.41, 5.74) is 0. The van der Waals surface area contributed by atoms with Gasteiger partial charge in [-0.1, -0.05) is 0 Å². The number of carbonyl (C=O) groups is 3. The van der Waals surface area contributed by atoms with Crippen LogP contribution in [0.3, 0.4) is 0 Å². The minimum absolute atomic E-state index is 0.523. The van der Waals surface area contributed by atoms with E-state index in [0.29, 0.717) is 39.3 Å². The van der Waals surface area contributed by atoms with Crippen LogP contribution >= 0.6 is 0 Å². The summed E-state index contributed by atoms with van der Waals surface area (Å²) in [5, 5.41) is 0. The zero-order valence-electron chi connectivity index (χ0n) is 8.54. The van der Waals surface area contributed by atoms with Crippen LogP contribution in [0.4, 0.5) is 0 Å². The number of amides is 3. The lowest BCUT2D eigenvalue weighted by atomic mass is 10.5. The summed E-state index contributed by atoms with van der Waals surface area (Å²) in [6.07, 6.45) is 2.24. The van der Waals surface area contributed by atoms with E-state index in [1.165, 1.54) is 0 Å². The van der Waals surface area contributed by atoms with Crippen molar-refractivity contribution in [2.45, 2.75) is 0 Å². The van der Waals surface area contributed by atoms with Crippen LogP contribution in [0.15, 0.2) is 0 Å². The van der Waals surface area contributed by atoms with E-state index in [2.05, 4.69) is 0 Å². The molecule has 0 radical (unpaired) electrons. The first-order chi connectivity index (χ1) is 7.30. The first-order valence-corrected chi connectivity index (χ1v) is 4.88. The third-order valence-electron chi connectivity index (χ3n) is 2.47. The van der Waals surface area contributed by atoms with E-state index in [1.54, 1.807) is 14.7 Å². The summed E-state index contributed by atoms with van der Waals surface area (Å²) in [7, 11) is 0. The molecule has 84 valence electrons. The maximum absolute atomic E-state index is 10.6. The van der Waals surface area contributed by atoms with Crippen LogP contribution in [0.25, 0.3) is 0 Å². The molecule has 1 fully saturated rings. The molecule has 1 saturated heterocycles. The van der Waals surface area contributed by atoms with Crippen molar-refractivity contribution in [3.63, 3.8) is 0 Å². The van der Waals surface area contributed by atoms with Crippen LogP contribution in [0.5, 0.6) is 0 Å². The van der Waals surface area contributed by atoms with E-state index in [9.17, 15) is 14.4 Å². The fourth-order valence-corrected chi connectivity index (χ4v) is 1.42. The highest BCUT2D eigenvalue weighted by Crippen LogP contribution is 1.95. The maximum atomic E-state index is 10.6. The summed E-state index contributed by atoms with van der Waals surface area (Å²) >= 11 is 0. The van der Waals surface area contributed by atoms with Crippen LogP contribution in [0, 0.1) is 0 Å². The zero-order chi connectivity index (χ0) is 11.1. The summed E-state index contributed by atoms with van der Waals surface area (Å²) in [5.74, 6) is 0. The minimum atomic E-state index is 0.523. The Morgan fingerprint density at radius 3 is 0.867 bits per heavy atom. The van der Waals surface area contributed by atoms with Gasteiger partial charge in [-0.2, -0.15) is 0 Å². The third kappa shape index (κ3) is 3.57. The number of carbonyl (C=O) groups excluding carboxylic acids is 3. The Hall–Kier alpha value is -1.59. The second kappa shape index (κ2) is 6.00. The normalized spacial score (nSPS) is 18.8. The van der Waals surface area contributed by atoms with Gasteiger partial charge >= 0.3 is 0 Å². The van der Waals surface area contributed by atoms with Crippen LogP contribution in [0.1, 0.15) is 0 Å². The number of nitrogens with zero attached hydrogens (tertiary/aromatic N) is 3. The van der Waals surface area contributed by atoms with Crippen molar-refractivity contribution in [2.24, 2.45) is 0 Å². The molecule has 0 bridgehead atoms. The molecule has 3 amide bonds. The van der Waals surface area contributed by atoms with Crippen LogP contribution in [0.2, 0.25) is 0 Å². The molecule has 0 spiro atoms. The summed E-state index contributed by atoms with van der Waals surface area (Å²) in [6.45, 7) is 3.14. The molecule has 1 rings (SSSR count). The van der Waals surface area contributed by atoms with Gasteiger partial charge in [0.25, 0.3) is 0 Å². The minimum Gasteiger partial charge on any atom is -0.342 e. The lowest BCUT2D eigenvalue weighted by molar-refractivity contribution is -0.121. The molecule has 6 nitrogen and oxygen atoms in total. The first-order valence-electron chi connectivity index (χ1n) is 4.88. The van der Waals surface area contributed by atoms with Gasteiger partial charge in [-0.15, -0.1) is 0 Å². The van der Waals surface area contributed by atoms with Gasteiger partial charge in [-0.3, -0.25) is 14.4 Å². The smallest absolute Gasteiger partial charge is 0.209 e. The molecule has 0 aromatic carbocycles. The average molecular weight is 213 g/mol. The van der Waals surface area contributed by atoms with Crippen LogP contribution in [-0.4, -0.2) is 73.2 Å².